The van der Waals surface area contributed by atoms with Crippen molar-refractivity contribution >= 4 is 63.9 Å². The fraction of sp³-hybridized carbons (Fsp3) is 0.118. The van der Waals surface area contributed by atoms with E-state index in [1.54, 1.807) is 12.1 Å². The van der Waals surface area contributed by atoms with Gasteiger partial charge >= 0.3 is 0 Å². The van der Waals surface area contributed by atoms with Gasteiger partial charge in [-0.05, 0) is 29.7 Å². The Kier molecular flexibility index (Phi) is 6.45. The summed E-state index contributed by atoms with van der Waals surface area (Å²) >= 11 is 7.12. The molecule has 1 amide bonds. The molecule has 0 spiro atoms. The minimum atomic E-state index is -0.737. The highest BCUT2D eigenvalue weighted by Gasteiger charge is 2.22. The number of nitrogens with zero attached hydrogens (tertiary/aromatic N) is 2. The summed E-state index contributed by atoms with van der Waals surface area (Å²) in [4.78, 5) is 17.6. The molecule has 0 unspecified atom stereocenters. The summed E-state index contributed by atoms with van der Waals surface area (Å²) in [5.41, 5.74) is 2.97. The van der Waals surface area contributed by atoms with Gasteiger partial charge in [0, 0.05) is 0 Å². The number of aromatic nitrogens is 2. The first-order valence-electron chi connectivity index (χ1n) is 7.92. The van der Waals surface area contributed by atoms with E-state index in [9.17, 15) is 4.79 Å². The molecule has 3 aromatic rings. The predicted octanol–water partition coefficient (Wildman–Crippen LogP) is 2.84. The third-order valence-electron chi connectivity index (χ3n) is 3.57. The predicted molar refractivity (Wildman–Crippen MR) is 107 cm³/mol. The summed E-state index contributed by atoms with van der Waals surface area (Å²) in [5.74, 6) is -1.40. The quantitative estimate of drug-likeness (QED) is 0.253. The molecule has 3 rings (SSSR count). The zero-order valence-electron chi connectivity index (χ0n) is 14.4. The van der Waals surface area contributed by atoms with Crippen molar-refractivity contribution in [3.8, 4) is 0 Å². The fourth-order valence-corrected chi connectivity index (χ4v) is 3.13. The molecular weight excluding hydrogens is 406 g/mol. The van der Waals surface area contributed by atoms with Crippen molar-refractivity contribution < 1.29 is 18.8 Å². The van der Waals surface area contributed by atoms with Gasteiger partial charge in [0.05, 0.1) is 32.9 Å². The first-order chi connectivity index (χ1) is 13.5. The lowest BCUT2D eigenvalue weighted by Gasteiger charge is -2.15. The Labute approximate surface area is 170 Å². The Morgan fingerprint density at radius 2 is 2.21 bits per heavy atom. The molecule has 0 aliphatic heterocycles. The van der Waals surface area contributed by atoms with Crippen molar-refractivity contribution in [3.63, 3.8) is 0 Å². The van der Waals surface area contributed by atoms with Crippen LogP contribution in [0, 0.1) is 5.82 Å². The smallest absolute Gasteiger partial charge is 0.277 e. The molecule has 11 heteroatoms. The van der Waals surface area contributed by atoms with Gasteiger partial charge in [-0.25, -0.2) is 9.87 Å². The Bertz CT molecular complexity index is 1030. The SMILES string of the molecule is [B]c1ccc(Nc2c(C(=O)NOCCOC=C)cc3snnc3c2F)c(Cl)c1. The van der Waals surface area contributed by atoms with Crippen LogP contribution in [-0.4, -0.2) is 36.6 Å². The zero-order valence-corrected chi connectivity index (χ0v) is 15.9. The van der Waals surface area contributed by atoms with Crippen LogP contribution in [0.4, 0.5) is 15.8 Å². The monoisotopic (exact) mass is 418 g/mol. The van der Waals surface area contributed by atoms with Crippen molar-refractivity contribution in [2.75, 3.05) is 18.5 Å². The van der Waals surface area contributed by atoms with Gasteiger partial charge in [-0.3, -0.25) is 9.63 Å². The average molecular weight is 419 g/mol. The highest BCUT2D eigenvalue weighted by Crippen LogP contribution is 2.33. The van der Waals surface area contributed by atoms with Gasteiger partial charge in [-0.1, -0.05) is 34.2 Å². The molecule has 28 heavy (non-hydrogen) atoms. The number of nitrogens with one attached hydrogen (secondary N) is 2. The summed E-state index contributed by atoms with van der Waals surface area (Å²) in [6, 6.07) is 6.14. The molecule has 0 atom stereocenters. The normalized spacial score (nSPS) is 10.6. The largest absolute Gasteiger partial charge is 0.499 e. The minimum Gasteiger partial charge on any atom is -0.499 e. The van der Waals surface area contributed by atoms with E-state index in [0.29, 0.717) is 15.9 Å². The fourth-order valence-electron chi connectivity index (χ4n) is 2.30. The van der Waals surface area contributed by atoms with Gasteiger partial charge in [0.25, 0.3) is 5.91 Å². The van der Waals surface area contributed by atoms with Crippen LogP contribution in [-0.2, 0) is 9.57 Å². The summed E-state index contributed by atoms with van der Waals surface area (Å²) in [5, 5.41) is 6.86. The van der Waals surface area contributed by atoms with E-state index >= 15 is 4.39 Å². The minimum absolute atomic E-state index is 0.00594. The number of hydroxylamine groups is 1. The number of benzene rings is 2. The summed E-state index contributed by atoms with van der Waals surface area (Å²) in [6.07, 6.45) is 1.25. The van der Waals surface area contributed by atoms with Gasteiger partial charge in [-0.2, -0.15) is 0 Å². The third-order valence-corrected chi connectivity index (χ3v) is 4.55. The molecule has 0 saturated carbocycles. The molecule has 0 aliphatic rings. The Balaban J connectivity index is 1.92. The molecule has 2 aromatic carbocycles. The zero-order chi connectivity index (χ0) is 20.1. The Hall–Kier alpha value is -2.69. The van der Waals surface area contributed by atoms with E-state index in [0.717, 1.165) is 11.5 Å². The summed E-state index contributed by atoms with van der Waals surface area (Å²) in [7, 11) is 5.68. The Morgan fingerprint density at radius 3 is 2.96 bits per heavy atom. The number of anilines is 2. The van der Waals surface area contributed by atoms with Crippen LogP contribution in [0.5, 0.6) is 0 Å². The number of hydrogen-bond donors (Lipinski definition) is 2. The van der Waals surface area contributed by atoms with Crippen molar-refractivity contribution in [2.45, 2.75) is 0 Å². The molecule has 0 saturated heterocycles. The summed E-state index contributed by atoms with van der Waals surface area (Å²) < 4.78 is 24.1. The van der Waals surface area contributed by atoms with E-state index in [2.05, 4.69) is 27.0 Å². The van der Waals surface area contributed by atoms with Crippen LogP contribution >= 0.6 is 23.1 Å². The third kappa shape index (κ3) is 4.41. The number of amides is 1. The van der Waals surface area contributed by atoms with Gasteiger partial charge in [0.1, 0.15) is 26.6 Å². The van der Waals surface area contributed by atoms with Crippen molar-refractivity contribution in [3.05, 3.63) is 53.5 Å². The molecule has 1 aromatic heterocycles. The topological polar surface area (TPSA) is 85.4 Å². The molecule has 1 heterocycles. The van der Waals surface area contributed by atoms with E-state index in [-0.39, 0.29) is 35.0 Å². The van der Waals surface area contributed by atoms with E-state index in [4.69, 9.17) is 29.0 Å². The van der Waals surface area contributed by atoms with Crippen LogP contribution in [0.25, 0.3) is 10.2 Å². The highest BCUT2D eigenvalue weighted by molar-refractivity contribution is 7.13. The maximum absolute atomic E-state index is 15.0. The maximum Gasteiger partial charge on any atom is 0.277 e. The van der Waals surface area contributed by atoms with E-state index in [1.165, 1.54) is 18.4 Å². The first-order valence-corrected chi connectivity index (χ1v) is 9.07. The number of halogens is 2. The highest BCUT2D eigenvalue weighted by atomic mass is 35.5. The van der Waals surface area contributed by atoms with E-state index < -0.39 is 11.7 Å². The molecule has 142 valence electrons. The van der Waals surface area contributed by atoms with E-state index in [1.807, 2.05) is 0 Å². The second-order valence-corrected chi connectivity index (χ2v) is 6.61. The molecular formula is C17H13BClFN4O3S. The first kappa shape index (κ1) is 20.1. The number of carbonyl (C=O) groups is 1. The lowest BCUT2D eigenvalue weighted by atomic mass is 9.96. The second-order valence-electron chi connectivity index (χ2n) is 5.41. The van der Waals surface area contributed by atoms with Crippen LogP contribution < -0.4 is 16.3 Å². The average Bonchev–Trinajstić information content (AvgIpc) is 3.14. The molecule has 2 N–H and O–H groups in total. The van der Waals surface area contributed by atoms with Gasteiger partial charge in [-0.15, -0.1) is 5.10 Å². The number of rotatable bonds is 8. The Morgan fingerprint density at radius 1 is 1.39 bits per heavy atom. The van der Waals surface area contributed by atoms with Crippen LogP contribution in [0.3, 0.4) is 0 Å². The van der Waals surface area contributed by atoms with Gasteiger partial charge < -0.3 is 10.1 Å². The molecule has 0 fully saturated rings. The number of carbonyl (C=O) groups excluding carboxylic acids is 1. The molecule has 0 aliphatic carbocycles. The van der Waals surface area contributed by atoms with Gasteiger partial charge in [0.2, 0.25) is 0 Å². The molecule has 0 bridgehead atoms. The number of hydrogen-bond acceptors (Lipinski definition) is 7. The van der Waals surface area contributed by atoms with Crippen molar-refractivity contribution in [1.29, 1.82) is 0 Å². The molecule has 7 nitrogen and oxygen atoms in total. The van der Waals surface area contributed by atoms with Crippen molar-refractivity contribution in [1.82, 2.24) is 15.1 Å². The standard InChI is InChI=1S/C17H13BClFN4O3S/c1-2-26-5-6-27-23-17(25)10-8-13-16(22-24-28-13)14(20)15(10)21-12-4-3-9(18)7-11(12)19/h2-4,7-8,21H,1,5-6H2,(H,23,25). The maximum atomic E-state index is 15.0. The van der Waals surface area contributed by atoms with Crippen molar-refractivity contribution in [2.24, 2.45) is 0 Å². The second kappa shape index (κ2) is 9.00. The van der Waals surface area contributed by atoms with Crippen LogP contribution in [0.15, 0.2) is 37.1 Å². The lowest BCUT2D eigenvalue weighted by Crippen LogP contribution is -2.26. The lowest BCUT2D eigenvalue weighted by molar-refractivity contribution is 0.0145. The van der Waals surface area contributed by atoms with Crippen LogP contribution in [0.2, 0.25) is 5.02 Å². The van der Waals surface area contributed by atoms with Crippen LogP contribution in [0.1, 0.15) is 10.4 Å². The summed E-state index contributed by atoms with van der Waals surface area (Å²) in [6.45, 7) is 3.67. The number of fused-ring (bicyclic) bond motifs is 1. The molecule has 2 radical (unpaired) electrons. The number of ether oxygens (including phenoxy) is 1. The van der Waals surface area contributed by atoms with Gasteiger partial charge in [0.15, 0.2) is 5.82 Å².